The third-order valence-electron chi connectivity index (χ3n) is 7.21. The van der Waals surface area contributed by atoms with Crippen molar-refractivity contribution in [3.63, 3.8) is 0 Å². The number of nitrogens with zero attached hydrogens (tertiary/aromatic N) is 1. The second-order valence-electron chi connectivity index (χ2n) is 9.94. The van der Waals surface area contributed by atoms with Gasteiger partial charge in [-0.1, -0.05) is 59.7 Å². The Morgan fingerprint density at radius 2 is 1.54 bits per heavy atom. The minimum atomic E-state index is -0.221. The van der Waals surface area contributed by atoms with Gasteiger partial charge in [-0.2, -0.15) is 0 Å². The molecule has 1 radical (unpaired) electrons. The fourth-order valence-corrected chi connectivity index (χ4v) is 4.97. The Bertz CT molecular complexity index is 1420. The Hall–Kier alpha value is -2.88. The first-order chi connectivity index (χ1) is 18.2. The van der Waals surface area contributed by atoms with Crippen molar-refractivity contribution in [2.24, 2.45) is 11.8 Å². The molecule has 0 amide bonds. The molecule has 0 atom stereocenters. The number of allylic oxidation sites excluding steroid dienone is 2. The number of pyridine rings is 1. The molecule has 209 valence electrons. The van der Waals surface area contributed by atoms with Crippen LogP contribution in [0.15, 0.2) is 66.6 Å². The van der Waals surface area contributed by atoms with Gasteiger partial charge in [0.05, 0.1) is 5.76 Å². The summed E-state index contributed by atoms with van der Waals surface area (Å²) < 4.78 is 13.7. The van der Waals surface area contributed by atoms with Crippen LogP contribution in [-0.2, 0) is 24.9 Å². The Labute approximate surface area is 245 Å². The van der Waals surface area contributed by atoms with Crippen molar-refractivity contribution in [2.75, 3.05) is 0 Å². The largest absolute Gasteiger partial charge is 0.512 e. The SMILES string of the molecule is CCC(CC)C(=O)/C=C(\O)C(CC)CC.Cc1[c-]c(-c2nccc3c2ccc2ccc(F)cc23)cc(C)c1.[Ir]. The number of aliphatic hydroxyl groups excluding tert-OH is 1. The number of aromatic nitrogens is 1. The molecule has 5 heteroatoms. The zero-order valence-electron chi connectivity index (χ0n) is 23.8. The van der Waals surface area contributed by atoms with Gasteiger partial charge in [-0.3, -0.25) is 4.79 Å². The van der Waals surface area contributed by atoms with Crippen molar-refractivity contribution >= 4 is 27.3 Å². The number of rotatable bonds is 8. The number of hydrogen-bond donors (Lipinski definition) is 1. The van der Waals surface area contributed by atoms with Gasteiger partial charge in [0, 0.05) is 44.2 Å². The fraction of sp³-hybridized carbons (Fsp3) is 0.353. The van der Waals surface area contributed by atoms with Crippen LogP contribution in [0.5, 0.6) is 0 Å². The number of aryl methyl sites for hydroxylation is 2. The fourth-order valence-electron chi connectivity index (χ4n) is 4.97. The second-order valence-corrected chi connectivity index (χ2v) is 9.94. The molecular weight excluding hydrogens is 666 g/mol. The van der Waals surface area contributed by atoms with Crippen LogP contribution in [0.1, 0.15) is 64.5 Å². The van der Waals surface area contributed by atoms with Crippen molar-refractivity contribution in [1.82, 2.24) is 4.98 Å². The van der Waals surface area contributed by atoms with E-state index >= 15 is 0 Å². The molecule has 0 aliphatic heterocycles. The minimum absolute atomic E-state index is 0. The summed E-state index contributed by atoms with van der Waals surface area (Å²) in [4.78, 5) is 16.3. The van der Waals surface area contributed by atoms with E-state index in [4.69, 9.17) is 0 Å². The van der Waals surface area contributed by atoms with E-state index in [9.17, 15) is 14.3 Å². The zero-order chi connectivity index (χ0) is 27.8. The minimum Gasteiger partial charge on any atom is -0.512 e. The summed E-state index contributed by atoms with van der Waals surface area (Å²) in [6, 6.07) is 18.5. The van der Waals surface area contributed by atoms with Crippen molar-refractivity contribution in [3.05, 3.63) is 89.6 Å². The van der Waals surface area contributed by atoms with Crippen LogP contribution in [-0.4, -0.2) is 15.9 Å². The normalized spacial score (nSPS) is 11.5. The van der Waals surface area contributed by atoms with Gasteiger partial charge in [0.25, 0.3) is 0 Å². The van der Waals surface area contributed by atoms with E-state index in [1.807, 2.05) is 52.8 Å². The first-order valence-corrected chi connectivity index (χ1v) is 13.6. The quantitative estimate of drug-likeness (QED) is 0.0861. The number of ketones is 1. The molecule has 0 bridgehead atoms. The maximum atomic E-state index is 13.7. The monoisotopic (exact) mass is 705 g/mol. The molecule has 1 heterocycles. The average molecular weight is 705 g/mol. The second kappa shape index (κ2) is 15.1. The summed E-state index contributed by atoms with van der Waals surface area (Å²) >= 11 is 0. The predicted octanol–water partition coefficient (Wildman–Crippen LogP) is 9.48. The molecule has 0 spiro atoms. The number of halogens is 1. The number of carbonyl (C=O) groups excluding carboxylic acids is 1. The van der Waals surface area contributed by atoms with Crippen molar-refractivity contribution in [1.29, 1.82) is 0 Å². The first kappa shape index (κ1) is 32.3. The summed E-state index contributed by atoms with van der Waals surface area (Å²) in [5.74, 6) is 0.326. The molecule has 0 fully saturated rings. The topological polar surface area (TPSA) is 50.2 Å². The van der Waals surface area contributed by atoms with Crippen LogP contribution in [0.25, 0.3) is 32.8 Å². The van der Waals surface area contributed by atoms with E-state index in [2.05, 4.69) is 36.2 Å². The van der Waals surface area contributed by atoms with Gasteiger partial charge < -0.3 is 10.1 Å². The molecule has 1 N–H and O–H groups in total. The number of carbonyl (C=O) groups is 1. The smallest absolute Gasteiger partial charge is 0.162 e. The van der Waals surface area contributed by atoms with Gasteiger partial charge in [-0.05, 0) is 71.1 Å². The third kappa shape index (κ3) is 8.06. The van der Waals surface area contributed by atoms with Gasteiger partial charge in [0.1, 0.15) is 5.82 Å². The number of benzene rings is 3. The Morgan fingerprint density at radius 1 is 0.897 bits per heavy atom. The van der Waals surface area contributed by atoms with Gasteiger partial charge in [-0.25, -0.2) is 4.39 Å². The Balaban J connectivity index is 0.000000294. The van der Waals surface area contributed by atoms with Gasteiger partial charge in [0.2, 0.25) is 0 Å². The van der Waals surface area contributed by atoms with E-state index in [0.717, 1.165) is 64.0 Å². The summed E-state index contributed by atoms with van der Waals surface area (Å²) in [6.45, 7) is 12.2. The number of fused-ring (bicyclic) bond motifs is 3. The summed E-state index contributed by atoms with van der Waals surface area (Å²) in [5.41, 5.74) is 4.14. The van der Waals surface area contributed by atoms with Crippen LogP contribution in [0.4, 0.5) is 4.39 Å². The number of hydrogen-bond acceptors (Lipinski definition) is 3. The molecule has 0 aliphatic rings. The van der Waals surface area contributed by atoms with E-state index in [1.54, 1.807) is 12.3 Å². The van der Waals surface area contributed by atoms with Gasteiger partial charge >= 0.3 is 0 Å². The number of aliphatic hydroxyl groups is 1. The molecule has 0 saturated heterocycles. The van der Waals surface area contributed by atoms with Crippen molar-refractivity contribution in [3.8, 4) is 11.3 Å². The molecule has 0 unspecified atom stereocenters. The van der Waals surface area contributed by atoms with Crippen LogP contribution in [0.3, 0.4) is 0 Å². The van der Waals surface area contributed by atoms with Crippen LogP contribution < -0.4 is 0 Å². The first-order valence-electron chi connectivity index (χ1n) is 13.6. The van der Waals surface area contributed by atoms with E-state index in [0.29, 0.717) is 0 Å². The maximum absolute atomic E-state index is 13.7. The standard InChI is InChI=1S/C21H15FN.C13H24O2.Ir/c1-13-9-14(2)11-16(10-13)21-19-6-4-15-3-5-17(22)12-20(15)18(19)7-8-23-21;1-5-10(6-2)12(14)9-13(15)11(7-3)8-4;/h3-10,12H,1-2H3;9-11,14H,5-8H2,1-4H3;/q-1;;/b;12-9-;. The van der Waals surface area contributed by atoms with Crippen LogP contribution in [0, 0.1) is 37.6 Å². The molecule has 3 nitrogen and oxygen atoms in total. The van der Waals surface area contributed by atoms with Gasteiger partial charge in [0.15, 0.2) is 5.78 Å². The molecule has 4 aromatic rings. The molecule has 0 saturated carbocycles. The van der Waals surface area contributed by atoms with E-state index < -0.39 is 0 Å². The molecule has 0 aliphatic carbocycles. The Morgan fingerprint density at radius 3 is 2.15 bits per heavy atom. The van der Waals surface area contributed by atoms with Crippen molar-refractivity contribution in [2.45, 2.75) is 67.2 Å². The van der Waals surface area contributed by atoms with Gasteiger partial charge in [-0.15, -0.1) is 34.9 Å². The zero-order valence-corrected chi connectivity index (χ0v) is 26.2. The average Bonchev–Trinajstić information content (AvgIpc) is 2.89. The molecule has 1 aromatic heterocycles. The molecule has 4 rings (SSSR count). The summed E-state index contributed by atoms with van der Waals surface area (Å²) in [5, 5.41) is 13.7. The molecule has 39 heavy (non-hydrogen) atoms. The van der Waals surface area contributed by atoms with Crippen molar-refractivity contribution < 1.29 is 34.4 Å². The molecular formula is C34H39FIrNO2-. The van der Waals surface area contributed by atoms with E-state index in [1.165, 1.54) is 17.7 Å². The van der Waals surface area contributed by atoms with E-state index in [-0.39, 0.29) is 49.3 Å². The maximum Gasteiger partial charge on any atom is 0.162 e. The summed E-state index contributed by atoms with van der Waals surface area (Å²) in [6.07, 6.45) is 6.69. The molecule has 3 aromatic carbocycles. The third-order valence-corrected chi connectivity index (χ3v) is 7.21. The summed E-state index contributed by atoms with van der Waals surface area (Å²) in [7, 11) is 0. The van der Waals surface area contributed by atoms with Crippen LogP contribution in [0.2, 0.25) is 0 Å². The Kier molecular flexibility index (Phi) is 12.5. The van der Waals surface area contributed by atoms with Crippen LogP contribution >= 0.6 is 0 Å². The predicted molar refractivity (Wildman–Crippen MR) is 157 cm³/mol.